The number of Topliss-reactive ketones (excluding diaryl/α,β-unsaturated/α-hetero) is 1. The normalized spacial score (nSPS) is 20.3. The van der Waals surface area contributed by atoms with Crippen LogP contribution in [0.25, 0.3) is 5.76 Å². The Bertz CT molecular complexity index is 1290. The Labute approximate surface area is 240 Å². The van der Waals surface area contributed by atoms with E-state index in [1.165, 1.54) is 0 Å². The van der Waals surface area contributed by atoms with Crippen LogP contribution in [0.15, 0.2) is 42.0 Å². The molecule has 1 unspecified atom stereocenters. The predicted molar refractivity (Wildman–Crippen MR) is 152 cm³/mol. The van der Waals surface area contributed by atoms with Crippen molar-refractivity contribution in [1.82, 2.24) is 9.80 Å². The number of carbonyl (C=O) groups excluding carboxylic acids is 2. The number of aliphatic hydroxyl groups excluding tert-OH is 1. The molecule has 3 aliphatic rings. The highest BCUT2D eigenvalue weighted by atomic mass is 16.6. The van der Waals surface area contributed by atoms with Gasteiger partial charge in [-0.1, -0.05) is 13.0 Å². The van der Waals surface area contributed by atoms with Crippen LogP contribution in [0.2, 0.25) is 0 Å². The van der Waals surface area contributed by atoms with Crippen molar-refractivity contribution in [2.24, 2.45) is 0 Å². The first-order valence-corrected chi connectivity index (χ1v) is 14.4. The van der Waals surface area contributed by atoms with Crippen LogP contribution < -0.4 is 18.9 Å². The fourth-order valence-corrected chi connectivity index (χ4v) is 5.39. The lowest BCUT2D eigenvalue weighted by atomic mass is 9.94. The first kappa shape index (κ1) is 28.8. The minimum absolute atomic E-state index is 0.0303. The number of ketones is 1. The molecule has 1 N–H and O–H groups in total. The summed E-state index contributed by atoms with van der Waals surface area (Å²) in [6.07, 6.45) is 1.51. The minimum atomic E-state index is -0.799. The lowest BCUT2D eigenvalue weighted by Gasteiger charge is -2.29. The van der Waals surface area contributed by atoms with E-state index in [0.29, 0.717) is 86.7 Å². The number of nitrogens with zero attached hydrogens (tertiary/aromatic N) is 2. The van der Waals surface area contributed by atoms with E-state index in [1.54, 1.807) is 35.2 Å². The zero-order chi connectivity index (χ0) is 28.8. The molecule has 0 spiro atoms. The van der Waals surface area contributed by atoms with Crippen molar-refractivity contribution < 1.29 is 38.4 Å². The van der Waals surface area contributed by atoms with Crippen LogP contribution in [-0.2, 0) is 14.3 Å². The number of likely N-dealkylation sites (tertiary alicyclic amines) is 1. The summed E-state index contributed by atoms with van der Waals surface area (Å²) in [5.74, 6) is 0.540. The topological polar surface area (TPSA) is 107 Å². The molecule has 2 fully saturated rings. The molecule has 0 bridgehead atoms. The van der Waals surface area contributed by atoms with Crippen LogP contribution in [0.5, 0.6) is 23.0 Å². The predicted octanol–water partition coefficient (Wildman–Crippen LogP) is 3.79. The molecule has 2 aromatic rings. The number of morpholine rings is 1. The molecular weight excluding hydrogens is 528 g/mol. The molecule has 0 radical (unpaired) electrons. The van der Waals surface area contributed by atoms with Gasteiger partial charge in [-0.3, -0.25) is 14.5 Å². The van der Waals surface area contributed by atoms with E-state index in [0.717, 1.165) is 26.1 Å². The van der Waals surface area contributed by atoms with Gasteiger partial charge in [-0.05, 0) is 55.7 Å². The summed E-state index contributed by atoms with van der Waals surface area (Å²) >= 11 is 0. The zero-order valence-corrected chi connectivity index (χ0v) is 23.7. The molecule has 1 atom stereocenters. The highest BCUT2D eigenvalue weighted by Crippen LogP contribution is 2.43. The molecule has 10 nitrogen and oxygen atoms in total. The molecule has 2 saturated heterocycles. The number of benzene rings is 2. The van der Waals surface area contributed by atoms with E-state index < -0.39 is 17.7 Å². The molecule has 0 aliphatic carbocycles. The summed E-state index contributed by atoms with van der Waals surface area (Å²) in [4.78, 5) is 30.9. The molecular formula is C31H38N2O8. The Hall–Kier alpha value is -3.76. The second-order valence-corrected chi connectivity index (χ2v) is 10.1. The number of amides is 1. The van der Waals surface area contributed by atoms with E-state index >= 15 is 0 Å². The third-order valence-corrected chi connectivity index (χ3v) is 7.38. The summed E-state index contributed by atoms with van der Waals surface area (Å²) in [5, 5.41) is 11.5. The fourth-order valence-electron chi connectivity index (χ4n) is 5.39. The van der Waals surface area contributed by atoms with Crippen molar-refractivity contribution in [3.63, 3.8) is 0 Å². The van der Waals surface area contributed by atoms with Crippen molar-refractivity contribution >= 4 is 17.4 Å². The van der Waals surface area contributed by atoms with Crippen LogP contribution in [-0.4, -0.2) is 92.4 Å². The number of carbonyl (C=O) groups is 2. The maximum atomic E-state index is 13.5. The summed E-state index contributed by atoms with van der Waals surface area (Å²) in [6.45, 7) is 9.86. The van der Waals surface area contributed by atoms with Crippen molar-refractivity contribution in [3.8, 4) is 23.0 Å². The molecule has 3 aliphatic heterocycles. The van der Waals surface area contributed by atoms with Crippen LogP contribution >= 0.6 is 0 Å². The Morgan fingerprint density at radius 2 is 1.71 bits per heavy atom. The van der Waals surface area contributed by atoms with Gasteiger partial charge in [0.1, 0.15) is 19.0 Å². The number of hydrogen-bond donors (Lipinski definition) is 1. The Morgan fingerprint density at radius 3 is 2.46 bits per heavy atom. The number of fused-ring (bicyclic) bond motifs is 1. The van der Waals surface area contributed by atoms with Gasteiger partial charge in [-0.15, -0.1) is 0 Å². The maximum absolute atomic E-state index is 13.5. The van der Waals surface area contributed by atoms with Gasteiger partial charge in [0.25, 0.3) is 11.7 Å². The molecule has 5 rings (SSSR count). The maximum Gasteiger partial charge on any atom is 0.295 e. The number of ether oxygens (including phenoxy) is 5. The Balaban J connectivity index is 1.52. The van der Waals surface area contributed by atoms with Crippen LogP contribution in [0, 0.1) is 0 Å². The summed E-state index contributed by atoms with van der Waals surface area (Å²) in [7, 11) is 0. The van der Waals surface area contributed by atoms with Gasteiger partial charge in [0.2, 0.25) is 0 Å². The van der Waals surface area contributed by atoms with E-state index in [2.05, 4.69) is 4.90 Å². The highest BCUT2D eigenvalue weighted by Gasteiger charge is 2.46. The van der Waals surface area contributed by atoms with Crippen LogP contribution in [0.1, 0.15) is 43.9 Å². The third-order valence-electron chi connectivity index (χ3n) is 7.38. The number of aliphatic hydroxyl groups is 1. The molecule has 1 amide bonds. The summed E-state index contributed by atoms with van der Waals surface area (Å²) in [5.41, 5.74) is 1.06. The summed E-state index contributed by atoms with van der Waals surface area (Å²) in [6, 6.07) is 9.64. The van der Waals surface area contributed by atoms with Gasteiger partial charge in [-0.25, -0.2) is 0 Å². The van der Waals surface area contributed by atoms with E-state index in [1.807, 2.05) is 19.9 Å². The van der Waals surface area contributed by atoms with E-state index in [-0.39, 0.29) is 11.3 Å². The van der Waals surface area contributed by atoms with Crippen LogP contribution in [0.3, 0.4) is 0 Å². The second kappa shape index (κ2) is 13.3. The van der Waals surface area contributed by atoms with Gasteiger partial charge in [-0.2, -0.15) is 0 Å². The minimum Gasteiger partial charge on any atom is -0.507 e. The van der Waals surface area contributed by atoms with Gasteiger partial charge < -0.3 is 33.7 Å². The van der Waals surface area contributed by atoms with E-state index in [4.69, 9.17) is 23.7 Å². The quantitative estimate of drug-likeness (QED) is 0.247. The number of rotatable bonds is 11. The lowest BCUT2D eigenvalue weighted by Crippen LogP contribution is -2.39. The zero-order valence-electron chi connectivity index (χ0n) is 23.7. The Morgan fingerprint density at radius 1 is 0.927 bits per heavy atom. The molecule has 10 heteroatoms. The number of hydrogen-bond acceptors (Lipinski definition) is 9. The van der Waals surface area contributed by atoms with Gasteiger partial charge >= 0.3 is 0 Å². The first-order valence-electron chi connectivity index (χ1n) is 14.4. The monoisotopic (exact) mass is 566 g/mol. The van der Waals surface area contributed by atoms with Crippen molar-refractivity contribution in [2.75, 3.05) is 65.8 Å². The SMILES string of the molecule is CCCOc1ccc(C2C(=C(O)c3ccc4c(c3)OCCO4)C(=O)C(=O)N2CCCN2CCOCC2)cc1OCC. The third kappa shape index (κ3) is 6.28. The molecule has 41 heavy (non-hydrogen) atoms. The lowest BCUT2D eigenvalue weighted by molar-refractivity contribution is -0.140. The Kier molecular flexibility index (Phi) is 9.31. The van der Waals surface area contributed by atoms with Gasteiger partial charge in [0, 0.05) is 31.7 Å². The smallest absolute Gasteiger partial charge is 0.295 e. The van der Waals surface area contributed by atoms with Gasteiger partial charge in [0.15, 0.2) is 23.0 Å². The van der Waals surface area contributed by atoms with Crippen LogP contribution in [0.4, 0.5) is 0 Å². The fraction of sp³-hybridized carbons (Fsp3) is 0.484. The van der Waals surface area contributed by atoms with Crippen molar-refractivity contribution in [2.45, 2.75) is 32.7 Å². The highest BCUT2D eigenvalue weighted by molar-refractivity contribution is 6.46. The first-order chi connectivity index (χ1) is 20.0. The molecule has 2 aromatic carbocycles. The molecule has 0 saturated carbocycles. The standard InChI is InChI=1S/C31H38N2O8/c1-3-14-39-23-8-6-21(19-25(23)38-4-2)28-27(29(34)22-7-9-24-26(20-22)41-18-17-40-24)30(35)31(36)33(28)11-5-10-32-12-15-37-16-13-32/h6-9,19-20,28,34H,3-5,10-18H2,1-2H3. The average molecular weight is 567 g/mol. The molecule has 0 aromatic heterocycles. The molecule has 3 heterocycles. The second-order valence-electron chi connectivity index (χ2n) is 10.1. The van der Waals surface area contributed by atoms with E-state index in [9.17, 15) is 14.7 Å². The largest absolute Gasteiger partial charge is 0.507 e. The molecule has 220 valence electrons. The van der Waals surface area contributed by atoms with Crippen molar-refractivity contribution in [1.29, 1.82) is 0 Å². The summed E-state index contributed by atoms with van der Waals surface area (Å²) < 4.78 is 28.5. The average Bonchev–Trinajstić information content (AvgIpc) is 3.25. The van der Waals surface area contributed by atoms with Gasteiger partial charge in [0.05, 0.1) is 38.0 Å². The van der Waals surface area contributed by atoms with Crippen molar-refractivity contribution in [3.05, 3.63) is 53.1 Å².